The molecule has 2 nitrogen and oxygen atoms in total. The lowest BCUT2D eigenvalue weighted by Gasteiger charge is -2.42. The number of likely N-dealkylation sites (N-methyl/N-ethyl adjacent to an activating group) is 1. The first kappa shape index (κ1) is 16.5. The van der Waals surface area contributed by atoms with Crippen LogP contribution in [-0.2, 0) is 6.42 Å². The van der Waals surface area contributed by atoms with Crippen LogP contribution in [0.2, 0.25) is 0 Å². The lowest BCUT2D eigenvalue weighted by Crippen LogP contribution is -2.55. The van der Waals surface area contributed by atoms with E-state index in [-0.39, 0.29) is 11.4 Å². The van der Waals surface area contributed by atoms with Gasteiger partial charge in [-0.05, 0) is 51.3 Å². The topological polar surface area (TPSA) is 29.3 Å². The molecule has 0 aliphatic carbocycles. The van der Waals surface area contributed by atoms with E-state index in [1.54, 1.807) is 0 Å². The quantitative estimate of drug-likeness (QED) is 0.835. The fourth-order valence-electron chi connectivity index (χ4n) is 2.27. The SMILES string of the molecule is CSCC(C)N(C)C(C)(CN)Cc1ccc(F)cc1. The molecule has 0 fully saturated rings. The molecule has 4 heteroatoms. The molecule has 1 aromatic rings. The molecule has 0 aliphatic rings. The summed E-state index contributed by atoms with van der Waals surface area (Å²) in [5.74, 6) is 0.887. The first-order valence-corrected chi connectivity index (χ1v) is 7.98. The number of hydrogen-bond donors (Lipinski definition) is 1. The summed E-state index contributed by atoms with van der Waals surface area (Å²) in [4.78, 5) is 2.34. The van der Waals surface area contributed by atoms with Crippen LogP contribution in [0, 0.1) is 5.82 Å². The van der Waals surface area contributed by atoms with Gasteiger partial charge in [0.25, 0.3) is 0 Å². The maximum atomic E-state index is 13.0. The first-order valence-electron chi connectivity index (χ1n) is 6.59. The zero-order valence-electron chi connectivity index (χ0n) is 12.3. The van der Waals surface area contributed by atoms with Gasteiger partial charge in [-0.3, -0.25) is 4.90 Å². The highest BCUT2D eigenvalue weighted by Crippen LogP contribution is 2.22. The molecule has 0 saturated carbocycles. The highest BCUT2D eigenvalue weighted by Gasteiger charge is 2.30. The van der Waals surface area contributed by atoms with Gasteiger partial charge < -0.3 is 5.73 Å². The second-order valence-electron chi connectivity index (χ2n) is 5.42. The van der Waals surface area contributed by atoms with E-state index in [4.69, 9.17) is 5.73 Å². The number of benzene rings is 1. The van der Waals surface area contributed by atoms with Crippen molar-refractivity contribution in [3.8, 4) is 0 Å². The van der Waals surface area contributed by atoms with E-state index < -0.39 is 0 Å². The van der Waals surface area contributed by atoms with Gasteiger partial charge in [-0.15, -0.1) is 0 Å². The summed E-state index contributed by atoms with van der Waals surface area (Å²) in [6.45, 7) is 4.97. The minimum Gasteiger partial charge on any atom is -0.329 e. The van der Waals surface area contributed by atoms with Gasteiger partial charge in [0.15, 0.2) is 0 Å². The molecule has 0 spiro atoms. The van der Waals surface area contributed by atoms with E-state index >= 15 is 0 Å². The molecule has 0 bridgehead atoms. The van der Waals surface area contributed by atoms with Gasteiger partial charge >= 0.3 is 0 Å². The van der Waals surface area contributed by atoms with Crippen LogP contribution in [0.1, 0.15) is 19.4 Å². The van der Waals surface area contributed by atoms with Crippen molar-refractivity contribution in [3.63, 3.8) is 0 Å². The molecule has 0 saturated heterocycles. The van der Waals surface area contributed by atoms with Crippen LogP contribution in [0.5, 0.6) is 0 Å². The molecule has 1 aromatic carbocycles. The summed E-state index contributed by atoms with van der Waals surface area (Å²) >= 11 is 1.84. The second kappa shape index (κ2) is 7.27. The number of halogens is 1. The number of hydrogen-bond acceptors (Lipinski definition) is 3. The Hall–Kier alpha value is -0.580. The molecule has 2 atom stereocenters. The highest BCUT2D eigenvalue weighted by atomic mass is 32.2. The molecule has 108 valence electrons. The monoisotopic (exact) mass is 284 g/mol. The molecule has 1 rings (SSSR count). The van der Waals surface area contributed by atoms with Crippen LogP contribution in [0.15, 0.2) is 24.3 Å². The fraction of sp³-hybridized carbons (Fsp3) is 0.600. The summed E-state index contributed by atoms with van der Waals surface area (Å²) < 4.78 is 13.0. The van der Waals surface area contributed by atoms with Crippen molar-refractivity contribution in [3.05, 3.63) is 35.6 Å². The third-order valence-electron chi connectivity index (χ3n) is 3.86. The Balaban J connectivity index is 2.81. The Kier molecular flexibility index (Phi) is 6.30. The number of rotatable bonds is 7. The van der Waals surface area contributed by atoms with Gasteiger partial charge in [-0.1, -0.05) is 12.1 Å². The van der Waals surface area contributed by atoms with Crippen LogP contribution in [0.3, 0.4) is 0 Å². The Morgan fingerprint density at radius 2 is 1.95 bits per heavy atom. The van der Waals surface area contributed by atoms with Crippen molar-refractivity contribution in [1.82, 2.24) is 4.90 Å². The lowest BCUT2D eigenvalue weighted by molar-refractivity contribution is 0.111. The van der Waals surface area contributed by atoms with E-state index in [0.717, 1.165) is 17.7 Å². The second-order valence-corrected chi connectivity index (χ2v) is 6.33. The predicted octanol–water partition coefficient (Wildman–Crippen LogP) is 2.77. The van der Waals surface area contributed by atoms with Crippen LogP contribution in [0.4, 0.5) is 4.39 Å². The normalized spacial score (nSPS) is 16.4. The average molecular weight is 284 g/mol. The Bertz CT molecular complexity index is 382. The molecule has 0 aromatic heterocycles. The standard InChI is InChI=1S/C15H25FN2S/c1-12(10-19-4)18(3)15(2,11-17)9-13-5-7-14(16)8-6-13/h5-8,12H,9-11,17H2,1-4H3. The van der Waals surface area contributed by atoms with Crippen LogP contribution >= 0.6 is 11.8 Å². The van der Waals surface area contributed by atoms with Gasteiger partial charge in [-0.25, -0.2) is 4.39 Å². The van der Waals surface area contributed by atoms with Crippen molar-refractivity contribution in [2.45, 2.75) is 31.8 Å². The van der Waals surface area contributed by atoms with Gasteiger partial charge in [0.2, 0.25) is 0 Å². The Morgan fingerprint density at radius 1 is 1.37 bits per heavy atom. The maximum Gasteiger partial charge on any atom is 0.123 e. The summed E-state index contributed by atoms with van der Waals surface area (Å²) in [7, 11) is 2.12. The molecule has 2 N–H and O–H groups in total. The average Bonchev–Trinajstić information content (AvgIpc) is 2.40. The van der Waals surface area contributed by atoms with Crippen molar-refractivity contribution >= 4 is 11.8 Å². The Morgan fingerprint density at radius 3 is 2.42 bits per heavy atom. The summed E-state index contributed by atoms with van der Waals surface area (Å²) in [6, 6.07) is 7.17. The summed E-state index contributed by atoms with van der Waals surface area (Å²) in [5.41, 5.74) is 7.02. The molecule has 0 aliphatic heterocycles. The van der Waals surface area contributed by atoms with Gasteiger partial charge in [-0.2, -0.15) is 11.8 Å². The fourth-order valence-corrected chi connectivity index (χ4v) is 2.97. The van der Waals surface area contributed by atoms with Crippen LogP contribution in [-0.4, -0.2) is 42.1 Å². The van der Waals surface area contributed by atoms with E-state index in [9.17, 15) is 4.39 Å². The molecule has 0 heterocycles. The highest BCUT2D eigenvalue weighted by molar-refractivity contribution is 7.98. The smallest absolute Gasteiger partial charge is 0.123 e. The minimum absolute atomic E-state index is 0.104. The van der Waals surface area contributed by atoms with E-state index in [1.165, 1.54) is 12.1 Å². The maximum absolute atomic E-state index is 13.0. The van der Waals surface area contributed by atoms with E-state index in [2.05, 4.69) is 32.1 Å². The minimum atomic E-state index is -0.192. The molecule has 19 heavy (non-hydrogen) atoms. The molecular weight excluding hydrogens is 259 g/mol. The zero-order chi connectivity index (χ0) is 14.5. The van der Waals surface area contributed by atoms with Crippen LogP contribution < -0.4 is 5.73 Å². The third kappa shape index (κ3) is 4.48. The number of nitrogens with two attached hydrogens (primary N) is 1. The molecular formula is C15H25FN2S. The Labute approximate surface area is 120 Å². The molecule has 2 unspecified atom stereocenters. The van der Waals surface area contributed by atoms with E-state index in [0.29, 0.717) is 12.6 Å². The summed E-state index contributed by atoms with van der Waals surface area (Å²) in [6.07, 6.45) is 2.95. The van der Waals surface area contributed by atoms with Crippen LogP contribution in [0.25, 0.3) is 0 Å². The van der Waals surface area contributed by atoms with E-state index in [1.807, 2.05) is 23.9 Å². The number of nitrogens with zero attached hydrogens (tertiary/aromatic N) is 1. The van der Waals surface area contributed by atoms with Gasteiger partial charge in [0, 0.05) is 23.9 Å². The lowest BCUT2D eigenvalue weighted by atomic mass is 9.90. The molecule has 0 amide bonds. The van der Waals surface area contributed by atoms with Crippen molar-refractivity contribution in [2.24, 2.45) is 5.73 Å². The largest absolute Gasteiger partial charge is 0.329 e. The third-order valence-corrected chi connectivity index (χ3v) is 4.67. The van der Waals surface area contributed by atoms with Crippen molar-refractivity contribution in [1.29, 1.82) is 0 Å². The first-order chi connectivity index (χ1) is 8.92. The predicted molar refractivity (Wildman–Crippen MR) is 83.2 cm³/mol. The van der Waals surface area contributed by atoms with Gasteiger partial charge in [0.05, 0.1) is 0 Å². The molecule has 0 radical (unpaired) electrons. The number of thioether (sulfide) groups is 1. The van der Waals surface area contributed by atoms with Crippen molar-refractivity contribution < 1.29 is 4.39 Å². The zero-order valence-corrected chi connectivity index (χ0v) is 13.1. The van der Waals surface area contributed by atoms with Gasteiger partial charge in [0.1, 0.15) is 5.82 Å². The van der Waals surface area contributed by atoms with Crippen molar-refractivity contribution in [2.75, 3.05) is 25.6 Å². The summed E-state index contributed by atoms with van der Waals surface area (Å²) in [5, 5.41) is 0.